The molecule has 0 saturated heterocycles. The van der Waals surface area contributed by atoms with Crippen LogP contribution in [-0.4, -0.2) is 23.4 Å². The van der Waals surface area contributed by atoms with Crippen molar-refractivity contribution >= 4 is 0 Å². The molecule has 0 bridgehead atoms. The first-order valence-electron chi connectivity index (χ1n) is 4.52. The third-order valence-corrected chi connectivity index (χ3v) is 1.58. The molecule has 3 nitrogen and oxygen atoms in total. The number of nitrogens with one attached hydrogen (secondary N) is 1. The second-order valence-corrected chi connectivity index (χ2v) is 2.82. The molecule has 0 spiro atoms. The van der Waals surface area contributed by atoms with E-state index in [2.05, 4.69) is 29.2 Å². The summed E-state index contributed by atoms with van der Waals surface area (Å²) >= 11 is 0. The molecule has 0 atom stereocenters. The number of hydrogen-bond acceptors (Lipinski definition) is 2. The molecule has 70 valence electrons. The second kappa shape index (κ2) is 5.39. The van der Waals surface area contributed by atoms with Crippen LogP contribution in [0, 0.1) is 11.8 Å². The van der Waals surface area contributed by atoms with Gasteiger partial charge >= 0.3 is 0 Å². The lowest BCUT2D eigenvalue weighted by molar-refractivity contribution is 0.602. The van der Waals surface area contributed by atoms with Gasteiger partial charge in [0, 0.05) is 12.7 Å². The summed E-state index contributed by atoms with van der Waals surface area (Å²) in [5, 5.41) is 7.15. The van der Waals surface area contributed by atoms with E-state index in [-0.39, 0.29) is 0 Å². The van der Waals surface area contributed by atoms with Gasteiger partial charge in [0.05, 0.1) is 18.3 Å². The molecule has 0 aromatic carbocycles. The number of aryl methyl sites for hydroxylation is 1. The first-order valence-corrected chi connectivity index (χ1v) is 4.52. The second-order valence-electron chi connectivity index (χ2n) is 2.82. The molecule has 0 amide bonds. The van der Waals surface area contributed by atoms with Gasteiger partial charge in [0.15, 0.2) is 0 Å². The maximum atomic E-state index is 4.18. The highest BCUT2D eigenvalue weighted by molar-refractivity contribution is 5.29. The summed E-state index contributed by atoms with van der Waals surface area (Å²) < 4.78 is 1.92. The van der Waals surface area contributed by atoms with Gasteiger partial charge in [-0.3, -0.25) is 4.68 Å². The molecule has 0 aliphatic heterocycles. The molecule has 0 radical (unpaired) electrons. The Morgan fingerprint density at radius 2 is 2.46 bits per heavy atom. The normalized spacial score (nSPS) is 9.38. The summed E-state index contributed by atoms with van der Waals surface area (Å²) in [4.78, 5) is 0. The molecular formula is C10H15N3. The highest BCUT2D eigenvalue weighted by Gasteiger charge is 1.92. The van der Waals surface area contributed by atoms with Crippen LogP contribution >= 0.6 is 0 Å². The third-order valence-electron chi connectivity index (χ3n) is 1.58. The van der Waals surface area contributed by atoms with E-state index in [1.165, 1.54) is 0 Å². The van der Waals surface area contributed by atoms with Crippen LogP contribution in [-0.2, 0) is 6.54 Å². The zero-order chi connectivity index (χ0) is 9.52. The Kier molecular flexibility index (Phi) is 4.07. The molecule has 3 heteroatoms. The fourth-order valence-corrected chi connectivity index (χ4v) is 1.01. The molecule has 1 heterocycles. The fourth-order valence-electron chi connectivity index (χ4n) is 1.01. The number of aromatic nitrogens is 2. The molecule has 0 unspecified atom stereocenters. The van der Waals surface area contributed by atoms with Gasteiger partial charge in [0.1, 0.15) is 0 Å². The lowest BCUT2D eigenvalue weighted by Gasteiger charge is -1.93. The van der Waals surface area contributed by atoms with Gasteiger partial charge in [-0.25, -0.2) is 0 Å². The van der Waals surface area contributed by atoms with Crippen molar-refractivity contribution in [2.24, 2.45) is 0 Å². The van der Waals surface area contributed by atoms with Crippen LogP contribution in [0.5, 0.6) is 0 Å². The van der Waals surface area contributed by atoms with Gasteiger partial charge in [0.25, 0.3) is 0 Å². The van der Waals surface area contributed by atoms with E-state index >= 15 is 0 Å². The van der Waals surface area contributed by atoms with Crippen molar-refractivity contribution in [3.8, 4) is 11.8 Å². The average molecular weight is 177 g/mol. The van der Waals surface area contributed by atoms with Gasteiger partial charge in [0.2, 0.25) is 0 Å². The first-order chi connectivity index (χ1) is 6.36. The van der Waals surface area contributed by atoms with Crippen molar-refractivity contribution < 1.29 is 0 Å². The predicted octanol–water partition coefficient (Wildman–Crippen LogP) is 0.864. The number of rotatable bonds is 3. The summed E-state index contributed by atoms with van der Waals surface area (Å²) in [6.45, 7) is 3.82. The Hall–Kier alpha value is -1.27. The lowest BCUT2D eigenvalue weighted by atomic mass is 10.3. The molecule has 13 heavy (non-hydrogen) atoms. The van der Waals surface area contributed by atoms with Crippen molar-refractivity contribution in [2.45, 2.75) is 19.9 Å². The molecular weight excluding hydrogens is 162 g/mol. The molecule has 1 aromatic rings. The fraction of sp³-hybridized carbons (Fsp3) is 0.500. The van der Waals surface area contributed by atoms with E-state index in [1.54, 1.807) is 6.20 Å². The smallest absolute Gasteiger partial charge is 0.0646 e. The van der Waals surface area contributed by atoms with Crippen molar-refractivity contribution in [3.63, 3.8) is 0 Å². The summed E-state index contributed by atoms with van der Waals surface area (Å²) in [6.07, 6.45) is 4.88. The Balaban J connectivity index is 2.54. The minimum absolute atomic E-state index is 0.721. The Bertz CT molecular complexity index is 303. The van der Waals surface area contributed by atoms with Crippen LogP contribution in [0.4, 0.5) is 0 Å². The summed E-state index contributed by atoms with van der Waals surface area (Å²) in [7, 11) is 1.88. The summed E-state index contributed by atoms with van der Waals surface area (Å²) in [6, 6.07) is 0. The van der Waals surface area contributed by atoms with Crippen molar-refractivity contribution in [3.05, 3.63) is 18.0 Å². The van der Waals surface area contributed by atoms with E-state index in [1.807, 2.05) is 17.9 Å². The molecule has 1 rings (SSSR count). The molecule has 0 aliphatic carbocycles. The van der Waals surface area contributed by atoms with Crippen LogP contribution in [0.2, 0.25) is 0 Å². The van der Waals surface area contributed by atoms with E-state index in [9.17, 15) is 0 Å². The van der Waals surface area contributed by atoms with Crippen LogP contribution in [0.1, 0.15) is 18.9 Å². The zero-order valence-electron chi connectivity index (χ0n) is 8.17. The Morgan fingerprint density at radius 3 is 3.15 bits per heavy atom. The lowest BCUT2D eigenvalue weighted by Crippen LogP contribution is -2.04. The van der Waals surface area contributed by atoms with Crippen LogP contribution < -0.4 is 5.32 Å². The van der Waals surface area contributed by atoms with Crippen LogP contribution in [0.25, 0.3) is 0 Å². The van der Waals surface area contributed by atoms with Gasteiger partial charge < -0.3 is 5.32 Å². The van der Waals surface area contributed by atoms with Crippen molar-refractivity contribution in [1.82, 2.24) is 15.1 Å². The van der Waals surface area contributed by atoms with E-state index in [0.29, 0.717) is 0 Å². The topological polar surface area (TPSA) is 29.9 Å². The van der Waals surface area contributed by atoms with Crippen molar-refractivity contribution in [1.29, 1.82) is 0 Å². The SMILES string of the molecule is CCCn1cc(C#CCNC)cn1. The average Bonchev–Trinajstić information content (AvgIpc) is 2.54. The van der Waals surface area contributed by atoms with E-state index in [0.717, 1.165) is 25.1 Å². The largest absolute Gasteiger partial charge is 0.309 e. The quantitative estimate of drug-likeness (QED) is 0.694. The monoisotopic (exact) mass is 177 g/mol. The van der Waals surface area contributed by atoms with Gasteiger partial charge in [-0.05, 0) is 13.5 Å². The molecule has 0 fully saturated rings. The van der Waals surface area contributed by atoms with Crippen molar-refractivity contribution in [2.75, 3.05) is 13.6 Å². The predicted molar refractivity (Wildman–Crippen MR) is 53.3 cm³/mol. The maximum absolute atomic E-state index is 4.18. The zero-order valence-corrected chi connectivity index (χ0v) is 8.17. The number of hydrogen-bond donors (Lipinski definition) is 1. The Labute approximate surface area is 79.1 Å². The third kappa shape index (κ3) is 3.30. The standard InChI is InChI=1S/C10H15N3/c1-3-7-13-9-10(8-12-13)5-4-6-11-2/h8-9,11H,3,6-7H2,1-2H3. The van der Waals surface area contributed by atoms with Crippen LogP contribution in [0.3, 0.4) is 0 Å². The summed E-state index contributed by atoms with van der Waals surface area (Å²) in [5.41, 5.74) is 0.990. The van der Waals surface area contributed by atoms with Gasteiger partial charge in [-0.1, -0.05) is 18.8 Å². The van der Waals surface area contributed by atoms with Crippen LogP contribution in [0.15, 0.2) is 12.4 Å². The van der Waals surface area contributed by atoms with Gasteiger partial charge in [-0.2, -0.15) is 5.10 Å². The summed E-state index contributed by atoms with van der Waals surface area (Å²) in [5.74, 6) is 6.02. The molecule has 0 saturated carbocycles. The van der Waals surface area contributed by atoms with E-state index < -0.39 is 0 Å². The first kappa shape index (κ1) is 9.82. The minimum Gasteiger partial charge on any atom is -0.309 e. The molecule has 0 aliphatic rings. The highest BCUT2D eigenvalue weighted by atomic mass is 15.3. The minimum atomic E-state index is 0.721. The maximum Gasteiger partial charge on any atom is 0.0646 e. The molecule has 1 N–H and O–H groups in total. The highest BCUT2D eigenvalue weighted by Crippen LogP contribution is 1.95. The number of nitrogens with zero attached hydrogens (tertiary/aromatic N) is 2. The van der Waals surface area contributed by atoms with Gasteiger partial charge in [-0.15, -0.1) is 0 Å². The van der Waals surface area contributed by atoms with E-state index in [4.69, 9.17) is 0 Å². The Morgan fingerprint density at radius 1 is 1.62 bits per heavy atom. The molecule has 1 aromatic heterocycles.